The molecule has 0 fully saturated rings. The summed E-state index contributed by atoms with van der Waals surface area (Å²) in [5.74, 6) is 1.55. The summed E-state index contributed by atoms with van der Waals surface area (Å²) in [6.07, 6.45) is 0. The Morgan fingerprint density at radius 2 is 1.36 bits per heavy atom. The number of rotatable bonds is 15. The first-order valence-corrected chi connectivity index (χ1v) is 11.5. The second kappa shape index (κ2) is 16.4. The van der Waals surface area contributed by atoms with Crippen molar-refractivity contribution < 1.29 is 33.2 Å². The monoisotopic (exact) mass is 492 g/mol. The van der Waals surface area contributed by atoms with Crippen LogP contribution in [0.2, 0.25) is 5.02 Å². The average molecular weight is 493 g/mol. The molecule has 0 N–H and O–H groups in total. The third-order valence-corrected chi connectivity index (χ3v) is 5.91. The van der Waals surface area contributed by atoms with Crippen LogP contribution in [0, 0.1) is 6.92 Å². The van der Waals surface area contributed by atoms with E-state index in [1.165, 1.54) is 0 Å². The van der Waals surface area contributed by atoms with Gasteiger partial charge in [-0.05, 0) is 27.1 Å². The molecule has 2 aromatic rings. The fraction of sp³-hybridized carbons (Fsp3) is 0.435. The number of ether oxygens (including phenoxy) is 6. The van der Waals surface area contributed by atoms with Crippen LogP contribution in [0.1, 0.15) is 15.9 Å². The Bertz CT molecular complexity index is 831. The Morgan fingerprint density at radius 1 is 0.848 bits per heavy atom. The van der Waals surface area contributed by atoms with Crippen LogP contribution in [0.15, 0.2) is 30.3 Å². The zero-order valence-electron chi connectivity index (χ0n) is 18.9. The van der Waals surface area contributed by atoms with E-state index in [0.29, 0.717) is 72.8 Å². The van der Waals surface area contributed by atoms with Crippen LogP contribution in [0.4, 0.5) is 0 Å². The number of methoxy groups -OCH3 is 3. The Kier molecular flexibility index (Phi) is 14.7. The topological polar surface area (TPSA) is 72.5 Å². The molecule has 0 saturated carbocycles. The molecule has 0 amide bonds. The van der Waals surface area contributed by atoms with E-state index in [1.807, 2.05) is 19.1 Å². The molecule has 0 aliphatic heterocycles. The zero-order chi connectivity index (χ0) is 23.3. The summed E-state index contributed by atoms with van der Waals surface area (Å²) in [5.41, 5.74) is 1.21. The number of halogens is 1. The number of aryl methyl sites for hydroxylation is 1. The van der Waals surface area contributed by atoms with Crippen molar-refractivity contribution in [1.82, 2.24) is 0 Å². The van der Waals surface area contributed by atoms with Crippen LogP contribution in [0.5, 0.6) is 17.2 Å². The van der Waals surface area contributed by atoms with Crippen molar-refractivity contribution in [1.29, 1.82) is 0 Å². The van der Waals surface area contributed by atoms with E-state index in [2.05, 4.69) is 0 Å². The van der Waals surface area contributed by atoms with Crippen molar-refractivity contribution in [3.05, 3.63) is 46.5 Å². The molecule has 0 aliphatic carbocycles. The van der Waals surface area contributed by atoms with E-state index in [-0.39, 0.29) is 33.0 Å². The minimum absolute atomic E-state index is 0. The maximum atomic E-state index is 13.2. The summed E-state index contributed by atoms with van der Waals surface area (Å²) < 4.78 is 32.9. The van der Waals surface area contributed by atoms with Gasteiger partial charge in [0, 0.05) is 39.0 Å². The summed E-state index contributed by atoms with van der Waals surface area (Å²) in [6, 6.07) is 8.91. The predicted molar refractivity (Wildman–Crippen MR) is 134 cm³/mol. The molecule has 2 rings (SSSR count). The van der Waals surface area contributed by atoms with Crippen LogP contribution < -0.4 is 19.5 Å². The summed E-state index contributed by atoms with van der Waals surface area (Å²) in [6.45, 7) is 4.09. The molecular formula is C23H31ClLiO7P. The fourth-order valence-corrected chi connectivity index (χ4v) is 4.41. The first-order chi connectivity index (χ1) is 15.5. The quantitative estimate of drug-likeness (QED) is 0.215. The molecule has 1 unspecified atom stereocenters. The maximum absolute atomic E-state index is 13.2. The molecule has 0 aliphatic rings. The van der Waals surface area contributed by atoms with Gasteiger partial charge in [0.15, 0.2) is 5.52 Å². The molecule has 2 aromatic carbocycles. The molecule has 0 heterocycles. The molecule has 0 aromatic heterocycles. The Labute approximate surface area is 214 Å². The van der Waals surface area contributed by atoms with Gasteiger partial charge < -0.3 is 28.4 Å². The Hall–Kier alpha value is -1.29. The molecule has 0 radical (unpaired) electrons. The van der Waals surface area contributed by atoms with E-state index in [0.717, 1.165) is 5.56 Å². The molecule has 178 valence electrons. The summed E-state index contributed by atoms with van der Waals surface area (Å²) >= 11 is 6.33. The summed E-state index contributed by atoms with van der Waals surface area (Å²) in [5, 5.41) is 1.06. The van der Waals surface area contributed by atoms with Gasteiger partial charge in [-0.3, -0.25) is 4.79 Å². The average Bonchev–Trinajstić information content (AvgIpc) is 2.76. The predicted octanol–water partition coefficient (Wildman–Crippen LogP) is 3.22. The second-order valence-electron chi connectivity index (χ2n) is 6.70. The Morgan fingerprint density at radius 3 is 1.85 bits per heavy atom. The van der Waals surface area contributed by atoms with Crippen molar-refractivity contribution in [2.75, 3.05) is 61.0 Å². The van der Waals surface area contributed by atoms with Crippen molar-refractivity contribution >= 4 is 49.9 Å². The third-order valence-electron chi connectivity index (χ3n) is 4.37. The number of benzene rings is 2. The van der Waals surface area contributed by atoms with Crippen LogP contribution in [0.3, 0.4) is 0 Å². The summed E-state index contributed by atoms with van der Waals surface area (Å²) in [7, 11) is 4.53. The fourth-order valence-electron chi connectivity index (χ4n) is 2.81. The van der Waals surface area contributed by atoms with Gasteiger partial charge in [0.2, 0.25) is 0 Å². The van der Waals surface area contributed by atoms with Gasteiger partial charge >= 0.3 is 18.9 Å². The number of carbonyl (C=O) groups excluding carboxylic acids is 1. The normalized spacial score (nSPS) is 10.8. The zero-order valence-corrected chi connectivity index (χ0v) is 20.6. The molecule has 33 heavy (non-hydrogen) atoms. The molecule has 0 bridgehead atoms. The molecule has 1 atom stereocenters. The standard InChI is InChI=1S/C23H30ClO7P.Li.H/c1-16-6-5-7-18(24)21(16)23(25)32-22-19(30-12-9-27-3)14-17(29-11-8-26-2)15-20(22)31-13-10-28-4;;/h5-7,14-15,32H,8-13H2,1-4H3;;. The van der Waals surface area contributed by atoms with Gasteiger partial charge in [0.1, 0.15) is 37.1 Å². The number of carbonyl (C=O) groups is 1. The van der Waals surface area contributed by atoms with E-state index in [4.69, 9.17) is 40.0 Å². The van der Waals surface area contributed by atoms with Crippen molar-refractivity contribution in [2.24, 2.45) is 0 Å². The Balaban J connectivity index is 0.00000544. The van der Waals surface area contributed by atoms with Crippen molar-refractivity contribution in [3.8, 4) is 17.2 Å². The van der Waals surface area contributed by atoms with Crippen LogP contribution >= 0.6 is 20.2 Å². The van der Waals surface area contributed by atoms with Crippen LogP contribution in [0.25, 0.3) is 0 Å². The van der Waals surface area contributed by atoms with Crippen molar-refractivity contribution in [2.45, 2.75) is 6.92 Å². The van der Waals surface area contributed by atoms with Gasteiger partial charge in [-0.25, -0.2) is 0 Å². The summed E-state index contributed by atoms with van der Waals surface area (Å²) in [4.78, 5) is 13.2. The van der Waals surface area contributed by atoms with Gasteiger partial charge in [-0.1, -0.05) is 23.7 Å². The molecule has 0 saturated heterocycles. The first-order valence-electron chi connectivity index (χ1n) is 10.1. The van der Waals surface area contributed by atoms with Crippen LogP contribution in [-0.2, 0) is 14.2 Å². The SMILES string of the molecule is COCCOc1cc(OCCOC)c(PC(=O)c2c(C)cccc2Cl)c(OCCOC)c1.[LiH]. The van der Waals surface area contributed by atoms with Gasteiger partial charge in [-0.15, -0.1) is 0 Å². The second-order valence-corrected chi connectivity index (χ2v) is 8.32. The third kappa shape index (κ3) is 9.47. The van der Waals surface area contributed by atoms with E-state index >= 15 is 0 Å². The molecule has 0 spiro atoms. The molecular weight excluding hydrogens is 462 g/mol. The van der Waals surface area contributed by atoms with E-state index in [9.17, 15) is 4.79 Å². The molecule has 7 nitrogen and oxygen atoms in total. The van der Waals surface area contributed by atoms with Crippen LogP contribution in [-0.4, -0.2) is 85.4 Å². The number of hydrogen-bond acceptors (Lipinski definition) is 7. The van der Waals surface area contributed by atoms with Gasteiger partial charge in [0.05, 0.1) is 30.1 Å². The van der Waals surface area contributed by atoms with Crippen molar-refractivity contribution in [3.63, 3.8) is 0 Å². The van der Waals surface area contributed by atoms with Gasteiger partial charge in [0.25, 0.3) is 0 Å². The first kappa shape index (κ1) is 29.7. The minimum atomic E-state index is -0.267. The molecule has 10 heteroatoms. The van der Waals surface area contributed by atoms with Gasteiger partial charge in [-0.2, -0.15) is 0 Å². The van der Waals surface area contributed by atoms with E-state index < -0.39 is 0 Å². The number of hydrogen-bond donors (Lipinski definition) is 0. The van der Waals surface area contributed by atoms with E-state index in [1.54, 1.807) is 39.5 Å².